The minimum Gasteiger partial charge on any atom is -0.346 e. The minimum absolute atomic E-state index is 0.745. The molecule has 1 aliphatic carbocycles. The van der Waals surface area contributed by atoms with E-state index in [9.17, 15) is 0 Å². The molecule has 2 heteroatoms. The van der Waals surface area contributed by atoms with Gasteiger partial charge in [-0.25, -0.2) is 0 Å². The fourth-order valence-electron chi connectivity index (χ4n) is 3.43. The molecule has 1 saturated carbocycles. The van der Waals surface area contributed by atoms with E-state index in [1.165, 1.54) is 42.1 Å². The first-order valence-electron chi connectivity index (χ1n) is 8.02. The Hall–Kier alpha value is -1.28. The molecule has 2 aromatic rings. The van der Waals surface area contributed by atoms with E-state index in [4.69, 9.17) is 0 Å². The Bertz CT molecular complexity index is 562. The van der Waals surface area contributed by atoms with E-state index >= 15 is 0 Å². The summed E-state index contributed by atoms with van der Waals surface area (Å²) in [6.07, 6.45) is 7.72. The largest absolute Gasteiger partial charge is 0.346 e. The van der Waals surface area contributed by atoms with Crippen LogP contribution in [0, 0.1) is 12.8 Å². The molecule has 0 saturated heterocycles. The molecule has 0 atom stereocenters. The molecule has 0 spiro atoms. The molecule has 2 nitrogen and oxygen atoms in total. The Labute approximate surface area is 122 Å². The molecule has 1 N–H and O–H groups in total. The molecule has 20 heavy (non-hydrogen) atoms. The highest BCUT2D eigenvalue weighted by molar-refractivity contribution is 5.83. The van der Waals surface area contributed by atoms with Gasteiger partial charge in [0.15, 0.2) is 0 Å². The van der Waals surface area contributed by atoms with Gasteiger partial charge in [-0.15, -0.1) is 0 Å². The van der Waals surface area contributed by atoms with Gasteiger partial charge in [0, 0.05) is 36.2 Å². The average molecular weight is 270 g/mol. The van der Waals surface area contributed by atoms with Crippen LogP contribution in [-0.2, 0) is 6.54 Å². The molecule has 1 aromatic carbocycles. The highest BCUT2D eigenvalue weighted by atomic mass is 15.0. The molecule has 0 aliphatic heterocycles. The van der Waals surface area contributed by atoms with E-state index < -0.39 is 0 Å². The van der Waals surface area contributed by atoms with Crippen LogP contribution in [0.4, 0.5) is 0 Å². The molecule has 1 aliphatic rings. The molecule has 1 heterocycles. The fourth-order valence-corrected chi connectivity index (χ4v) is 3.43. The third kappa shape index (κ3) is 2.90. The lowest BCUT2D eigenvalue weighted by Gasteiger charge is -2.27. The van der Waals surface area contributed by atoms with Gasteiger partial charge in [-0.1, -0.05) is 19.1 Å². The second-order valence-corrected chi connectivity index (χ2v) is 6.43. The van der Waals surface area contributed by atoms with Crippen molar-refractivity contribution in [3.8, 4) is 0 Å². The molecule has 0 bridgehead atoms. The maximum atomic E-state index is 3.74. The Morgan fingerprint density at radius 2 is 1.95 bits per heavy atom. The lowest BCUT2D eigenvalue weighted by Crippen LogP contribution is -2.34. The van der Waals surface area contributed by atoms with Crippen molar-refractivity contribution in [1.29, 1.82) is 0 Å². The highest BCUT2D eigenvalue weighted by Crippen LogP contribution is 2.23. The van der Waals surface area contributed by atoms with Crippen molar-refractivity contribution in [2.75, 3.05) is 6.54 Å². The summed E-state index contributed by atoms with van der Waals surface area (Å²) in [7, 11) is 0. The van der Waals surface area contributed by atoms with Gasteiger partial charge in [0.25, 0.3) is 0 Å². The lowest BCUT2D eigenvalue weighted by atomic mass is 9.87. The summed E-state index contributed by atoms with van der Waals surface area (Å²) in [5.74, 6) is 0.935. The van der Waals surface area contributed by atoms with Crippen LogP contribution in [-0.4, -0.2) is 17.2 Å². The quantitative estimate of drug-likeness (QED) is 0.884. The van der Waals surface area contributed by atoms with Gasteiger partial charge in [0.05, 0.1) is 0 Å². The number of aromatic nitrogens is 1. The monoisotopic (exact) mass is 270 g/mol. The van der Waals surface area contributed by atoms with Crippen molar-refractivity contribution in [3.05, 3.63) is 36.0 Å². The van der Waals surface area contributed by atoms with Gasteiger partial charge in [0.2, 0.25) is 0 Å². The number of nitrogens with one attached hydrogen (secondary N) is 1. The molecular weight excluding hydrogens is 244 g/mol. The predicted octanol–water partition coefficient (Wildman–Crippen LogP) is 4.12. The summed E-state index contributed by atoms with van der Waals surface area (Å²) in [4.78, 5) is 0. The first-order chi connectivity index (χ1) is 9.74. The van der Waals surface area contributed by atoms with E-state index in [1.54, 1.807) is 0 Å². The highest BCUT2D eigenvalue weighted by Gasteiger charge is 2.17. The van der Waals surface area contributed by atoms with Crippen LogP contribution < -0.4 is 5.32 Å². The molecule has 0 unspecified atom stereocenters. The summed E-state index contributed by atoms with van der Waals surface area (Å²) in [6, 6.07) is 9.56. The number of hydrogen-bond donors (Lipinski definition) is 1. The summed E-state index contributed by atoms with van der Waals surface area (Å²) < 4.78 is 2.38. The van der Waals surface area contributed by atoms with Crippen LogP contribution in [0.3, 0.4) is 0 Å². The number of fused-ring (bicyclic) bond motifs is 1. The number of nitrogens with zero attached hydrogens (tertiary/aromatic N) is 1. The van der Waals surface area contributed by atoms with Crippen LogP contribution in [0.25, 0.3) is 10.9 Å². The standard InChI is InChI=1S/C18H26N2/c1-14-6-8-16(9-7-14)19-11-13-20-12-10-17-15(2)4-3-5-18(17)20/h3-5,10,12,14,16,19H,6-9,11,13H2,1-2H3. The van der Waals surface area contributed by atoms with Gasteiger partial charge in [-0.3, -0.25) is 0 Å². The topological polar surface area (TPSA) is 17.0 Å². The Morgan fingerprint density at radius 3 is 2.75 bits per heavy atom. The summed E-state index contributed by atoms with van der Waals surface area (Å²) in [5.41, 5.74) is 2.74. The van der Waals surface area contributed by atoms with E-state index in [1.807, 2.05) is 0 Å². The summed E-state index contributed by atoms with van der Waals surface area (Å²) >= 11 is 0. The predicted molar refractivity (Wildman–Crippen MR) is 86.1 cm³/mol. The van der Waals surface area contributed by atoms with E-state index in [2.05, 4.69) is 54.2 Å². The van der Waals surface area contributed by atoms with Crippen molar-refractivity contribution in [2.45, 2.75) is 52.1 Å². The third-order valence-electron chi connectivity index (χ3n) is 4.83. The summed E-state index contributed by atoms with van der Waals surface area (Å²) in [5, 5.41) is 5.13. The first-order valence-corrected chi connectivity index (χ1v) is 8.02. The Balaban J connectivity index is 1.56. The number of aryl methyl sites for hydroxylation is 1. The van der Waals surface area contributed by atoms with Crippen LogP contribution in [0.5, 0.6) is 0 Å². The number of rotatable bonds is 4. The van der Waals surface area contributed by atoms with Crippen LogP contribution in [0.2, 0.25) is 0 Å². The SMILES string of the molecule is Cc1cccc2c1ccn2CCNC1CCC(C)CC1. The van der Waals surface area contributed by atoms with E-state index in [0.717, 1.165) is 25.0 Å². The average Bonchev–Trinajstić information content (AvgIpc) is 2.86. The van der Waals surface area contributed by atoms with Gasteiger partial charge in [0.1, 0.15) is 0 Å². The van der Waals surface area contributed by atoms with Crippen LogP contribution in [0.1, 0.15) is 38.2 Å². The van der Waals surface area contributed by atoms with E-state index in [0.29, 0.717) is 0 Å². The Morgan fingerprint density at radius 1 is 1.15 bits per heavy atom. The summed E-state index contributed by atoms with van der Waals surface area (Å²) in [6.45, 7) is 6.72. The molecule has 0 amide bonds. The maximum absolute atomic E-state index is 3.74. The zero-order valence-corrected chi connectivity index (χ0v) is 12.7. The fraction of sp³-hybridized carbons (Fsp3) is 0.556. The third-order valence-corrected chi connectivity index (χ3v) is 4.83. The second kappa shape index (κ2) is 6.01. The zero-order chi connectivity index (χ0) is 13.9. The minimum atomic E-state index is 0.745. The molecule has 0 radical (unpaired) electrons. The van der Waals surface area contributed by atoms with Gasteiger partial charge < -0.3 is 9.88 Å². The Kier molecular flexibility index (Phi) is 4.11. The van der Waals surface area contributed by atoms with Crippen molar-refractivity contribution < 1.29 is 0 Å². The molecule has 1 fully saturated rings. The van der Waals surface area contributed by atoms with Crippen molar-refractivity contribution in [3.63, 3.8) is 0 Å². The zero-order valence-electron chi connectivity index (χ0n) is 12.7. The van der Waals surface area contributed by atoms with Gasteiger partial charge in [-0.2, -0.15) is 0 Å². The normalized spacial score (nSPS) is 23.3. The van der Waals surface area contributed by atoms with Crippen molar-refractivity contribution >= 4 is 10.9 Å². The number of hydrogen-bond acceptors (Lipinski definition) is 1. The van der Waals surface area contributed by atoms with Crippen LogP contribution >= 0.6 is 0 Å². The van der Waals surface area contributed by atoms with E-state index in [-0.39, 0.29) is 0 Å². The van der Waals surface area contributed by atoms with Crippen molar-refractivity contribution in [2.24, 2.45) is 5.92 Å². The molecule has 3 rings (SSSR count). The smallest absolute Gasteiger partial charge is 0.0483 e. The maximum Gasteiger partial charge on any atom is 0.0483 e. The van der Waals surface area contributed by atoms with Gasteiger partial charge >= 0.3 is 0 Å². The lowest BCUT2D eigenvalue weighted by molar-refractivity contribution is 0.305. The van der Waals surface area contributed by atoms with Crippen molar-refractivity contribution in [1.82, 2.24) is 9.88 Å². The molecular formula is C18H26N2. The molecule has 1 aromatic heterocycles. The van der Waals surface area contributed by atoms with Gasteiger partial charge in [-0.05, 0) is 56.2 Å². The second-order valence-electron chi connectivity index (χ2n) is 6.43. The molecule has 108 valence electrons. The van der Waals surface area contributed by atoms with Crippen LogP contribution in [0.15, 0.2) is 30.5 Å². The number of benzene rings is 1. The first kappa shape index (κ1) is 13.7.